The first-order chi connectivity index (χ1) is 14.5. The average molecular weight is 423 g/mol. The van der Waals surface area contributed by atoms with E-state index in [0.717, 1.165) is 11.1 Å². The lowest BCUT2D eigenvalue weighted by atomic mass is 10.0. The Kier molecular flexibility index (Phi) is 5.67. The van der Waals surface area contributed by atoms with Gasteiger partial charge < -0.3 is 20.0 Å². The van der Waals surface area contributed by atoms with Crippen molar-refractivity contribution in [1.82, 2.24) is 10.2 Å². The molecule has 154 valence electrons. The summed E-state index contributed by atoms with van der Waals surface area (Å²) in [6.07, 6.45) is 1.64. The lowest BCUT2D eigenvalue weighted by molar-refractivity contribution is -0.121. The predicted molar refractivity (Wildman–Crippen MR) is 114 cm³/mol. The monoisotopic (exact) mass is 423 g/mol. The first-order valence-electron chi connectivity index (χ1n) is 9.61. The zero-order chi connectivity index (χ0) is 21.1. The van der Waals surface area contributed by atoms with E-state index in [2.05, 4.69) is 10.6 Å². The van der Waals surface area contributed by atoms with Crippen LogP contribution in [0.15, 0.2) is 59.2 Å². The average Bonchev–Trinajstić information content (AvgIpc) is 3.35. The van der Waals surface area contributed by atoms with Crippen molar-refractivity contribution < 1.29 is 18.8 Å². The summed E-state index contributed by atoms with van der Waals surface area (Å²) in [7, 11) is 0. The first-order valence-corrected chi connectivity index (χ1v) is 10.4. The first kappa shape index (κ1) is 19.9. The fourth-order valence-corrected chi connectivity index (χ4v) is 4.54. The third kappa shape index (κ3) is 4.13. The molecule has 0 saturated carbocycles. The van der Waals surface area contributed by atoms with Gasteiger partial charge in [-0.2, -0.15) is 0 Å². The molecule has 1 unspecified atom stereocenters. The zero-order valence-electron chi connectivity index (χ0n) is 16.4. The second-order valence-electron chi connectivity index (χ2n) is 7.03. The maximum atomic E-state index is 13.5. The van der Waals surface area contributed by atoms with Gasteiger partial charge in [-0.05, 0) is 36.2 Å². The normalized spacial score (nSPS) is 16.6. The Labute approximate surface area is 177 Å². The van der Waals surface area contributed by atoms with Gasteiger partial charge >= 0.3 is 0 Å². The van der Waals surface area contributed by atoms with E-state index >= 15 is 0 Å². The van der Waals surface area contributed by atoms with Crippen molar-refractivity contribution in [2.45, 2.75) is 19.4 Å². The molecule has 0 bridgehead atoms. The second kappa shape index (κ2) is 8.54. The molecule has 7 nitrogen and oxygen atoms in total. The van der Waals surface area contributed by atoms with Crippen LogP contribution in [0.5, 0.6) is 0 Å². The minimum absolute atomic E-state index is 0.0755. The molecule has 2 aromatic heterocycles. The van der Waals surface area contributed by atoms with Crippen LogP contribution in [0.2, 0.25) is 0 Å². The van der Waals surface area contributed by atoms with Crippen molar-refractivity contribution in [1.29, 1.82) is 0 Å². The van der Waals surface area contributed by atoms with Gasteiger partial charge in [0.15, 0.2) is 5.76 Å². The SMILES string of the molecule is Cc1cc(NC(=O)c2ccco2)sc1C(=O)N1CCNC(=O)CC1c1ccccc1. The van der Waals surface area contributed by atoms with E-state index in [1.807, 2.05) is 37.3 Å². The van der Waals surface area contributed by atoms with Gasteiger partial charge in [-0.1, -0.05) is 30.3 Å². The van der Waals surface area contributed by atoms with Crippen LogP contribution in [0, 0.1) is 6.92 Å². The van der Waals surface area contributed by atoms with Gasteiger partial charge in [0.2, 0.25) is 5.91 Å². The number of carbonyl (C=O) groups excluding carboxylic acids is 3. The molecule has 0 aliphatic carbocycles. The van der Waals surface area contributed by atoms with Crippen LogP contribution in [-0.4, -0.2) is 35.7 Å². The highest BCUT2D eigenvalue weighted by Gasteiger charge is 2.32. The topological polar surface area (TPSA) is 91.7 Å². The van der Waals surface area contributed by atoms with Gasteiger partial charge in [-0.15, -0.1) is 11.3 Å². The fourth-order valence-electron chi connectivity index (χ4n) is 3.51. The van der Waals surface area contributed by atoms with E-state index < -0.39 is 0 Å². The van der Waals surface area contributed by atoms with E-state index in [1.165, 1.54) is 17.6 Å². The summed E-state index contributed by atoms with van der Waals surface area (Å²) in [6, 6.07) is 14.2. The van der Waals surface area contributed by atoms with E-state index in [9.17, 15) is 14.4 Å². The third-order valence-electron chi connectivity index (χ3n) is 4.97. The van der Waals surface area contributed by atoms with Crippen LogP contribution in [0.1, 0.15) is 43.8 Å². The number of amides is 3. The number of anilines is 1. The highest BCUT2D eigenvalue weighted by atomic mass is 32.1. The molecule has 3 heterocycles. The quantitative estimate of drug-likeness (QED) is 0.671. The Bertz CT molecular complexity index is 1060. The van der Waals surface area contributed by atoms with Crippen LogP contribution >= 0.6 is 11.3 Å². The molecule has 1 fully saturated rings. The van der Waals surface area contributed by atoms with Crippen molar-refractivity contribution in [3.05, 3.63) is 76.6 Å². The highest BCUT2D eigenvalue weighted by molar-refractivity contribution is 7.18. The summed E-state index contributed by atoms with van der Waals surface area (Å²) in [5.74, 6) is -0.392. The number of rotatable bonds is 4. The Morgan fingerprint density at radius 3 is 2.73 bits per heavy atom. The summed E-state index contributed by atoms with van der Waals surface area (Å²) in [5, 5.41) is 6.19. The summed E-state index contributed by atoms with van der Waals surface area (Å²) in [5.41, 5.74) is 1.69. The molecule has 1 saturated heterocycles. The summed E-state index contributed by atoms with van der Waals surface area (Å²) < 4.78 is 5.11. The maximum Gasteiger partial charge on any atom is 0.291 e. The molecule has 2 N–H and O–H groups in total. The molecule has 3 aromatic rings. The van der Waals surface area contributed by atoms with Crippen molar-refractivity contribution in [2.24, 2.45) is 0 Å². The highest BCUT2D eigenvalue weighted by Crippen LogP contribution is 2.33. The van der Waals surface area contributed by atoms with E-state index in [4.69, 9.17) is 4.42 Å². The fraction of sp³-hybridized carbons (Fsp3) is 0.227. The number of furan rings is 1. The zero-order valence-corrected chi connectivity index (χ0v) is 17.2. The number of nitrogens with one attached hydrogen (secondary N) is 2. The number of benzene rings is 1. The van der Waals surface area contributed by atoms with E-state index in [1.54, 1.807) is 23.1 Å². The lowest BCUT2D eigenvalue weighted by Crippen LogP contribution is -2.36. The summed E-state index contributed by atoms with van der Waals surface area (Å²) in [6.45, 7) is 2.65. The molecule has 1 aliphatic rings. The number of carbonyl (C=O) groups is 3. The smallest absolute Gasteiger partial charge is 0.291 e. The van der Waals surface area contributed by atoms with Crippen LogP contribution < -0.4 is 10.6 Å². The Hall–Kier alpha value is -3.39. The number of nitrogens with zero attached hydrogens (tertiary/aromatic N) is 1. The van der Waals surface area contributed by atoms with Crippen molar-refractivity contribution in [3.63, 3.8) is 0 Å². The minimum atomic E-state index is -0.369. The van der Waals surface area contributed by atoms with Crippen LogP contribution in [-0.2, 0) is 4.79 Å². The molecule has 1 aliphatic heterocycles. The predicted octanol–water partition coefficient (Wildman–Crippen LogP) is 3.61. The van der Waals surface area contributed by atoms with Crippen molar-refractivity contribution in [2.75, 3.05) is 18.4 Å². The van der Waals surface area contributed by atoms with E-state index in [-0.39, 0.29) is 35.9 Å². The number of aryl methyl sites for hydroxylation is 1. The molecular formula is C22H21N3O4S. The third-order valence-corrected chi connectivity index (χ3v) is 6.11. The van der Waals surface area contributed by atoms with Crippen molar-refractivity contribution in [3.8, 4) is 0 Å². The molecule has 1 aromatic carbocycles. The largest absolute Gasteiger partial charge is 0.459 e. The summed E-state index contributed by atoms with van der Waals surface area (Å²) >= 11 is 1.22. The molecular weight excluding hydrogens is 402 g/mol. The molecule has 30 heavy (non-hydrogen) atoms. The van der Waals surface area contributed by atoms with Gasteiger partial charge in [0, 0.05) is 13.1 Å². The Morgan fingerprint density at radius 1 is 1.20 bits per heavy atom. The molecule has 0 spiro atoms. The maximum absolute atomic E-state index is 13.5. The lowest BCUT2D eigenvalue weighted by Gasteiger charge is -2.29. The van der Waals surface area contributed by atoms with Gasteiger partial charge in [0.05, 0.1) is 28.6 Å². The molecule has 8 heteroatoms. The Morgan fingerprint density at radius 2 is 2.00 bits per heavy atom. The van der Waals surface area contributed by atoms with Crippen LogP contribution in [0.3, 0.4) is 0 Å². The molecule has 1 atom stereocenters. The number of hydrogen-bond acceptors (Lipinski definition) is 5. The van der Waals surface area contributed by atoms with Gasteiger partial charge in [0.1, 0.15) is 0 Å². The van der Waals surface area contributed by atoms with Gasteiger partial charge in [-0.3, -0.25) is 14.4 Å². The van der Waals surface area contributed by atoms with Crippen LogP contribution in [0.4, 0.5) is 5.00 Å². The number of hydrogen-bond donors (Lipinski definition) is 2. The van der Waals surface area contributed by atoms with Gasteiger partial charge in [0.25, 0.3) is 11.8 Å². The van der Waals surface area contributed by atoms with Crippen LogP contribution in [0.25, 0.3) is 0 Å². The van der Waals surface area contributed by atoms with Crippen molar-refractivity contribution >= 4 is 34.1 Å². The Balaban J connectivity index is 1.59. The summed E-state index contributed by atoms with van der Waals surface area (Å²) in [4.78, 5) is 40.2. The molecule has 0 radical (unpaired) electrons. The second-order valence-corrected chi connectivity index (χ2v) is 8.09. The molecule has 3 amide bonds. The number of thiophene rings is 1. The van der Waals surface area contributed by atoms with E-state index in [0.29, 0.717) is 23.0 Å². The molecule has 4 rings (SSSR count). The standard InChI is InChI=1S/C22H21N3O4S/c1-14-12-19(24-21(27)17-8-5-11-29-17)30-20(14)22(28)25-10-9-23-18(26)13-16(25)15-6-3-2-4-7-15/h2-8,11-12,16H,9-10,13H2,1H3,(H,23,26)(H,24,27). The minimum Gasteiger partial charge on any atom is -0.459 e. The van der Waals surface area contributed by atoms with Gasteiger partial charge in [-0.25, -0.2) is 0 Å².